The molecule has 0 spiro atoms. The molecule has 0 amide bonds. The van der Waals surface area contributed by atoms with Crippen LogP contribution < -0.4 is 5.73 Å². The Morgan fingerprint density at radius 1 is 1.28 bits per heavy atom. The Bertz CT molecular complexity index is 433. The van der Waals surface area contributed by atoms with Crippen LogP contribution in [0.15, 0.2) is 18.2 Å². The summed E-state index contributed by atoms with van der Waals surface area (Å²) in [7, 11) is 0. The van der Waals surface area contributed by atoms with Crippen LogP contribution in [0, 0.1) is 11.8 Å². The van der Waals surface area contributed by atoms with Crippen molar-refractivity contribution in [2.75, 3.05) is 0 Å². The Kier molecular flexibility index (Phi) is 4.25. The quantitative estimate of drug-likeness (QED) is 0.838. The summed E-state index contributed by atoms with van der Waals surface area (Å²) >= 11 is 12.0. The first-order valence-corrected chi connectivity index (χ1v) is 7.41. The average molecular weight is 286 g/mol. The predicted octanol–water partition coefficient (Wildman–Crippen LogP) is 4.69. The molecule has 18 heavy (non-hydrogen) atoms. The molecular weight excluding hydrogens is 265 g/mol. The zero-order valence-corrected chi connectivity index (χ0v) is 12.6. The highest BCUT2D eigenvalue weighted by molar-refractivity contribution is 6.42. The lowest BCUT2D eigenvalue weighted by atomic mass is 9.66. The van der Waals surface area contributed by atoms with Crippen LogP contribution in [-0.2, 0) is 6.42 Å². The molecule has 1 nitrogen and oxygen atoms in total. The van der Waals surface area contributed by atoms with Gasteiger partial charge in [-0.15, -0.1) is 0 Å². The number of halogens is 2. The zero-order chi connectivity index (χ0) is 13.3. The molecule has 100 valence electrons. The molecule has 2 rings (SSSR count). The number of benzene rings is 1. The van der Waals surface area contributed by atoms with Crippen LogP contribution in [0.25, 0.3) is 0 Å². The highest BCUT2D eigenvalue weighted by Crippen LogP contribution is 2.38. The molecule has 0 saturated heterocycles. The van der Waals surface area contributed by atoms with Crippen molar-refractivity contribution in [1.82, 2.24) is 0 Å². The number of hydrogen-bond donors (Lipinski definition) is 1. The van der Waals surface area contributed by atoms with Crippen LogP contribution in [-0.4, -0.2) is 5.54 Å². The van der Waals surface area contributed by atoms with Gasteiger partial charge in [0.15, 0.2) is 0 Å². The van der Waals surface area contributed by atoms with Gasteiger partial charge in [0.25, 0.3) is 0 Å². The molecule has 0 aromatic heterocycles. The van der Waals surface area contributed by atoms with E-state index in [0.717, 1.165) is 12.8 Å². The van der Waals surface area contributed by atoms with Crippen molar-refractivity contribution in [3.8, 4) is 0 Å². The Hall–Kier alpha value is -0.240. The van der Waals surface area contributed by atoms with E-state index in [1.54, 1.807) is 0 Å². The first kappa shape index (κ1) is 14.2. The van der Waals surface area contributed by atoms with Crippen LogP contribution in [0.2, 0.25) is 10.0 Å². The predicted molar refractivity (Wildman–Crippen MR) is 79.3 cm³/mol. The summed E-state index contributed by atoms with van der Waals surface area (Å²) < 4.78 is 0. The van der Waals surface area contributed by atoms with Crippen molar-refractivity contribution < 1.29 is 0 Å². The summed E-state index contributed by atoms with van der Waals surface area (Å²) in [5, 5.41) is 1.23. The SMILES string of the molecule is CC1CCCC(N)(Cc2ccc(Cl)c(Cl)c2)C1C. The van der Waals surface area contributed by atoms with Gasteiger partial charge in [-0.25, -0.2) is 0 Å². The maximum Gasteiger partial charge on any atom is 0.0595 e. The summed E-state index contributed by atoms with van der Waals surface area (Å²) in [5.74, 6) is 1.24. The van der Waals surface area contributed by atoms with Gasteiger partial charge in [0.05, 0.1) is 10.0 Å². The van der Waals surface area contributed by atoms with Gasteiger partial charge in [0.1, 0.15) is 0 Å². The highest BCUT2D eigenvalue weighted by atomic mass is 35.5. The monoisotopic (exact) mass is 285 g/mol. The Morgan fingerprint density at radius 2 is 2.00 bits per heavy atom. The topological polar surface area (TPSA) is 26.0 Å². The van der Waals surface area contributed by atoms with E-state index >= 15 is 0 Å². The minimum Gasteiger partial charge on any atom is -0.325 e. The van der Waals surface area contributed by atoms with Crippen LogP contribution >= 0.6 is 23.2 Å². The van der Waals surface area contributed by atoms with Gasteiger partial charge in [-0.1, -0.05) is 56.0 Å². The summed E-state index contributed by atoms with van der Waals surface area (Å²) in [6, 6.07) is 5.85. The van der Waals surface area contributed by atoms with Gasteiger partial charge >= 0.3 is 0 Å². The van der Waals surface area contributed by atoms with Gasteiger partial charge in [-0.3, -0.25) is 0 Å². The molecule has 2 N–H and O–H groups in total. The third-order valence-corrected chi connectivity index (χ3v) is 5.32. The molecule has 3 atom stereocenters. The lowest BCUT2D eigenvalue weighted by Crippen LogP contribution is -2.52. The molecule has 0 radical (unpaired) electrons. The van der Waals surface area contributed by atoms with Crippen LogP contribution in [0.1, 0.15) is 38.7 Å². The van der Waals surface area contributed by atoms with Crippen molar-refractivity contribution in [1.29, 1.82) is 0 Å². The van der Waals surface area contributed by atoms with Crippen LogP contribution in [0.5, 0.6) is 0 Å². The molecule has 0 bridgehead atoms. The fourth-order valence-corrected chi connectivity index (χ4v) is 3.40. The van der Waals surface area contributed by atoms with Crippen molar-refractivity contribution >= 4 is 23.2 Å². The molecule has 3 unspecified atom stereocenters. The van der Waals surface area contributed by atoms with Crippen molar-refractivity contribution in [2.45, 2.75) is 45.1 Å². The number of nitrogens with two attached hydrogens (primary N) is 1. The Balaban J connectivity index is 2.18. The second-order valence-corrected chi connectivity index (χ2v) is 6.63. The molecule has 1 aromatic carbocycles. The van der Waals surface area contributed by atoms with Crippen LogP contribution in [0.3, 0.4) is 0 Å². The van der Waals surface area contributed by atoms with Crippen molar-refractivity contribution in [3.05, 3.63) is 33.8 Å². The van der Waals surface area contributed by atoms with E-state index in [1.807, 2.05) is 18.2 Å². The number of rotatable bonds is 2. The standard InChI is InChI=1S/C15H21Cl2N/c1-10-4-3-7-15(18,11(10)2)9-12-5-6-13(16)14(17)8-12/h5-6,8,10-11H,3-4,7,9,18H2,1-2H3. The molecular formula is C15H21Cl2N. The molecule has 1 aromatic rings. The largest absolute Gasteiger partial charge is 0.325 e. The molecule has 1 aliphatic rings. The average Bonchev–Trinajstić information content (AvgIpc) is 2.31. The van der Waals surface area contributed by atoms with E-state index in [9.17, 15) is 0 Å². The molecule has 1 aliphatic carbocycles. The lowest BCUT2D eigenvalue weighted by Gasteiger charge is -2.43. The van der Waals surface area contributed by atoms with Gasteiger partial charge in [-0.05, 0) is 42.4 Å². The third kappa shape index (κ3) is 2.84. The Labute approximate surface area is 120 Å². The first-order chi connectivity index (χ1) is 8.42. The zero-order valence-electron chi connectivity index (χ0n) is 11.0. The molecule has 0 aliphatic heterocycles. The normalized spacial score (nSPS) is 32.5. The Morgan fingerprint density at radius 3 is 2.67 bits per heavy atom. The van der Waals surface area contributed by atoms with Gasteiger partial charge in [-0.2, -0.15) is 0 Å². The van der Waals surface area contributed by atoms with Crippen molar-refractivity contribution in [2.24, 2.45) is 17.6 Å². The number of hydrogen-bond acceptors (Lipinski definition) is 1. The lowest BCUT2D eigenvalue weighted by molar-refractivity contribution is 0.143. The highest BCUT2D eigenvalue weighted by Gasteiger charge is 2.38. The van der Waals surface area contributed by atoms with Gasteiger partial charge in [0, 0.05) is 5.54 Å². The summed E-state index contributed by atoms with van der Waals surface area (Å²) in [6.45, 7) is 4.58. The molecule has 3 heteroatoms. The second kappa shape index (κ2) is 5.40. The van der Waals surface area contributed by atoms with E-state index in [-0.39, 0.29) is 5.54 Å². The maximum absolute atomic E-state index is 6.64. The van der Waals surface area contributed by atoms with E-state index in [0.29, 0.717) is 21.9 Å². The summed E-state index contributed by atoms with van der Waals surface area (Å²) in [5.41, 5.74) is 7.72. The van der Waals surface area contributed by atoms with E-state index in [2.05, 4.69) is 13.8 Å². The third-order valence-electron chi connectivity index (χ3n) is 4.58. The maximum atomic E-state index is 6.64. The van der Waals surface area contributed by atoms with Gasteiger partial charge in [0.2, 0.25) is 0 Å². The summed E-state index contributed by atoms with van der Waals surface area (Å²) in [4.78, 5) is 0. The molecule has 1 fully saturated rings. The summed E-state index contributed by atoms with van der Waals surface area (Å²) in [6.07, 6.45) is 4.50. The van der Waals surface area contributed by atoms with Crippen LogP contribution in [0.4, 0.5) is 0 Å². The molecule has 1 saturated carbocycles. The molecule has 0 heterocycles. The minimum atomic E-state index is -0.102. The van der Waals surface area contributed by atoms with Gasteiger partial charge < -0.3 is 5.73 Å². The van der Waals surface area contributed by atoms with E-state index < -0.39 is 0 Å². The fourth-order valence-electron chi connectivity index (χ4n) is 3.08. The first-order valence-electron chi connectivity index (χ1n) is 6.65. The van der Waals surface area contributed by atoms with E-state index in [4.69, 9.17) is 28.9 Å². The smallest absolute Gasteiger partial charge is 0.0595 e. The van der Waals surface area contributed by atoms with E-state index in [1.165, 1.54) is 18.4 Å². The van der Waals surface area contributed by atoms with Crippen molar-refractivity contribution in [3.63, 3.8) is 0 Å². The second-order valence-electron chi connectivity index (χ2n) is 5.82. The fraction of sp³-hybridized carbons (Fsp3) is 0.600. The minimum absolute atomic E-state index is 0.102.